The Morgan fingerprint density at radius 2 is 1.95 bits per heavy atom. The fourth-order valence-corrected chi connectivity index (χ4v) is 2.04. The molecule has 0 aliphatic carbocycles. The highest BCUT2D eigenvalue weighted by Gasteiger charge is 2.10. The van der Waals surface area contributed by atoms with Crippen LogP contribution in [0, 0.1) is 13.8 Å². The lowest BCUT2D eigenvalue weighted by Crippen LogP contribution is -2.29. The Balaban J connectivity index is 1.86. The van der Waals surface area contributed by atoms with Crippen molar-refractivity contribution in [2.45, 2.75) is 20.4 Å². The van der Waals surface area contributed by atoms with Gasteiger partial charge in [-0.15, -0.1) is 0 Å². The molecule has 1 aromatic heterocycles. The van der Waals surface area contributed by atoms with Crippen molar-refractivity contribution in [3.63, 3.8) is 0 Å². The van der Waals surface area contributed by atoms with Crippen LogP contribution in [0.4, 0.5) is 5.69 Å². The molecule has 0 unspecified atom stereocenters. The zero-order valence-electron chi connectivity index (χ0n) is 12.1. The van der Waals surface area contributed by atoms with E-state index < -0.39 is 0 Å². The number of nitrogens with one attached hydrogen (secondary N) is 1. The molecule has 2 aromatic rings. The molecule has 0 aliphatic rings. The summed E-state index contributed by atoms with van der Waals surface area (Å²) in [6.07, 6.45) is 0. The van der Waals surface area contributed by atoms with Gasteiger partial charge in [0.1, 0.15) is 11.5 Å². The fourth-order valence-electron chi connectivity index (χ4n) is 2.04. The minimum Gasteiger partial charge on any atom is -0.465 e. The third-order valence-electron chi connectivity index (χ3n) is 3.05. The maximum absolute atomic E-state index is 12.0. The highest BCUT2D eigenvalue weighted by Crippen LogP contribution is 2.13. The molecule has 0 bridgehead atoms. The maximum atomic E-state index is 12.0. The number of aryl methyl sites for hydroxylation is 2. The SMILES string of the molecule is Cc1ccc(CN(C)CC(=O)Nc2ccccc2C)o1. The summed E-state index contributed by atoms with van der Waals surface area (Å²) in [4.78, 5) is 13.9. The first-order valence-corrected chi connectivity index (χ1v) is 6.64. The Labute approximate surface area is 119 Å². The van der Waals surface area contributed by atoms with E-state index in [1.807, 2.05) is 62.2 Å². The van der Waals surface area contributed by atoms with Crippen molar-refractivity contribution in [1.29, 1.82) is 0 Å². The average molecular weight is 272 g/mol. The van der Waals surface area contributed by atoms with Crippen LogP contribution < -0.4 is 5.32 Å². The minimum atomic E-state index is -0.0231. The molecule has 1 heterocycles. The van der Waals surface area contributed by atoms with E-state index in [0.29, 0.717) is 13.1 Å². The minimum absolute atomic E-state index is 0.0231. The molecular formula is C16H20N2O2. The zero-order chi connectivity index (χ0) is 14.5. The quantitative estimate of drug-likeness (QED) is 0.910. The molecule has 4 heteroatoms. The fraction of sp³-hybridized carbons (Fsp3) is 0.312. The smallest absolute Gasteiger partial charge is 0.238 e. The van der Waals surface area contributed by atoms with E-state index in [1.165, 1.54) is 0 Å². The predicted molar refractivity (Wildman–Crippen MR) is 79.6 cm³/mol. The van der Waals surface area contributed by atoms with E-state index >= 15 is 0 Å². The van der Waals surface area contributed by atoms with Gasteiger partial charge < -0.3 is 9.73 Å². The number of carbonyl (C=O) groups is 1. The summed E-state index contributed by atoms with van der Waals surface area (Å²) in [5.74, 6) is 1.73. The molecule has 4 nitrogen and oxygen atoms in total. The van der Waals surface area contributed by atoms with Crippen LogP contribution in [0.2, 0.25) is 0 Å². The Morgan fingerprint density at radius 1 is 1.20 bits per heavy atom. The topological polar surface area (TPSA) is 45.5 Å². The van der Waals surface area contributed by atoms with Gasteiger partial charge in [-0.2, -0.15) is 0 Å². The van der Waals surface area contributed by atoms with Gasteiger partial charge in [0.05, 0.1) is 13.1 Å². The number of hydrogen-bond donors (Lipinski definition) is 1. The molecule has 0 atom stereocenters. The van der Waals surface area contributed by atoms with Gasteiger partial charge in [0.25, 0.3) is 0 Å². The van der Waals surface area contributed by atoms with Crippen LogP contribution in [-0.4, -0.2) is 24.4 Å². The van der Waals surface area contributed by atoms with E-state index in [-0.39, 0.29) is 5.91 Å². The van der Waals surface area contributed by atoms with E-state index in [2.05, 4.69) is 5.32 Å². The summed E-state index contributed by atoms with van der Waals surface area (Å²) < 4.78 is 5.50. The van der Waals surface area contributed by atoms with Crippen LogP contribution in [-0.2, 0) is 11.3 Å². The molecule has 0 spiro atoms. The van der Waals surface area contributed by atoms with Gasteiger partial charge in [-0.25, -0.2) is 0 Å². The van der Waals surface area contributed by atoms with E-state index in [9.17, 15) is 4.79 Å². The number of amides is 1. The molecule has 1 aromatic carbocycles. The summed E-state index contributed by atoms with van der Waals surface area (Å²) in [5.41, 5.74) is 1.92. The second-order valence-electron chi connectivity index (χ2n) is 5.05. The van der Waals surface area contributed by atoms with Crippen LogP contribution >= 0.6 is 0 Å². The second-order valence-corrected chi connectivity index (χ2v) is 5.05. The number of para-hydroxylation sites is 1. The summed E-state index contributed by atoms with van der Waals surface area (Å²) in [6.45, 7) is 4.84. The van der Waals surface area contributed by atoms with Gasteiger partial charge in [-0.3, -0.25) is 9.69 Å². The van der Waals surface area contributed by atoms with Crippen LogP contribution in [0.1, 0.15) is 17.1 Å². The number of anilines is 1. The highest BCUT2D eigenvalue weighted by molar-refractivity contribution is 5.92. The van der Waals surface area contributed by atoms with E-state index in [4.69, 9.17) is 4.42 Å². The molecule has 0 aliphatic heterocycles. The van der Waals surface area contributed by atoms with E-state index in [1.54, 1.807) is 0 Å². The average Bonchev–Trinajstić information content (AvgIpc) is 2.77. The molecule has 106 valence electrons. The van der Waals surface area contributed by atoms with Gasteiger partial charge in [-0.05, 0) is 44.7 Å². The van der Waals surface area contributed by atoms with Crippen LogP contribution in [0.15, 0.2) is 40.8 Å². The first-order valence-electron chi connectivity index (χ1n) is 6.64. The van der Waals surface area contributed by atoms with Crippen molar-refractivity contribution < 1.29 is 9.21 Å². The van der Waals surface area contributed by atoms with Crippen molar-refractivity contribution in [3.05, 3.63) is 53.5 Å². The number of benzene rings is 1. The van der Waals surface area contributed by atoms with Crippen molar-refractivity contribution in [3.8, 4) is 0 Å². The van der Waals surface area contributed by atoms with Gasteiger partial charge in [0.2, 0.25) is 5.91 Å². The van der Waals surface area contributed by atoms with Crippen LogP contribution in [0.3, 0.4) is 0 Å². The Kier molecular flexibility index (Phi) is 4.58. The molecular weight excluding hydrogens is 252 g/mol. The maximum Gasteiger partial charge on any atom is 0.238 e. The first kappa shape index (κ1) is 14.3. The summed E-state index contributed by atoms with van der Waals surface area (Å²) in [7, 11) is 1.90. The number of likely N-dealkylation sites (N-methyl/N-ethyl adjacent to an activating group) is 1. The van der Waals surface area contributed by atoms with Gasteiger partial charge in [0, 0.05) is 5.69 Å². The first-order chi connectivity index (χ1) is 9.54. The predicted octanol–water partition coefficient (Wildman–Crippen LogP) is 2.97. The molecule has 2 rings (SSSR count). The summed E-state index contributed by atoms with van der Waals surface area (Å²) in [6, 6.07) is 11.6. The number of carbonyl (C=O) groups excluding carboxylic acids is 1. The summed E-state index contributed by atoms with van der Waals surface area (Å²) >= 11 is 0. The van der Waals surface area contributed by atoms with E-state index in [0.717, 1.165) is 22.8 Å². The van der Waals surface area contributed by atoms with Crippen molar-refractivity contribution >= 4 is 11.6 Å². The lowest BCUT2D eigenvalue weighted by molar-refractivity contribution is -0.117. The van der Waals surface area contributed by atoms with Crippen molar-refractivity contribution in [2.24, 2.45) is 0 Å². The third kappa shape index (κ3) is 3.96. The van der Waals surface area contributed by atoms with Gasteiger partial charge in [-0.1, -0.05) is 18.2 Å². The number of rotatable bonds is 5. The molecule has 0 saturated carbocycles. The molecule has 1 amide bonds. The van der Waals surface area contributed by atoms with Crippen LogP contribution in [0.25, 0.3) is 0 Å². The normalized spacial score (nSPS) is 10.8. The number of hydrogen-bond acceptors (Lipinski definition) is 3. The van der Waals surface area contributed by atoms with Gasteiger partial charge in [0.15, 0.2) is 0 Å². The Hall–Kier alpha value is -2.07. The van der Waals surface area contributed by atoms with Crippen molar-refractivity contribution in [1.82, 2.24) is 4.90 Å². The standard InChI is InChI=1S/C16H20N2O2/c1-12-6-4-5-7-15(12)17-16(19)11-18(3)10-14-9-8-13(2)20-14/h4-9H,10-11H2,1-3H3,(H,17,19). The third-order valence-corrected chi connectivity index (χ3v) is 3.05. The number of nitrogens with zero attached hydrogens (tertiary/aromatic N) is 1. The zero-order valence-corrected chi connectivity index (χ0v) is 12.1. The Morgan fingerprint density at radius 3 is 2.60 bits per heavy atom. The monoisotopic (exact) mass is 272 g/mol. The molecule has 0 radical (unpaired) electrons. The molecule has 0 saturated heterocycles. The molecule has 0 fully saturated rings. The highest BCUT2D eigenvalue weighted by atomic mass is 16.3. The Bertz CT molecular complexity index is 590. The second kappa shape index (κ2) is 6.39. The lowest BCUT2D eigenvalue weighted by atomic mass is 10.2. The molecule has 20 heavy (non-hydrogen) atoms. The van der Waals surface area contributed by atoms with Crippen LogP contribution in [0.5, 0.6) is 0 Å². The number of furan rings is 1. The lowest BCUT2D eigenvalue weighted by Gasteiger charge is -2.15. The molecule has 1 N–H and O–H groups in total. The van der Waals surface area contributed by atoms with Gasteiger partial charge >= 0.3 is 0 Å². The largest absolute Gasteiger partial charge is 0.465 e. The van der Waals surface area contributed by atoms with Crippen molar-refractivity contribution in [2.75, 3.05) is 18.9 Å². The summed E-state index contributed by atoms with van der Waals surface area (Å²) in [5, 5.41) is 2.92.